The summed E-state index contributed by atoms with van der Waals surface area (Å²) in [4.78, 5) is 27.1. The molecule has 0 bridgehead atoms. The zero-order valence-electron chi connectivity index (χ0n) is 23.1. The van der Waals surface area contributed by atoms with Crippen molar-refractivity contribution in [2.75, 3.05) is 11.4 Å². The molecule has 3 aromatic carbocycles. The number of carboxylic acid groups (broad SMARTS) is 1. The normalized spacial score (nSPS) is 14.1. The number of anilines is 1. The Morgan fingerprint density at radius 1 is 1.00 bits per heavy atom. The molecule has 1 unspecified atom stereocenters. The van der Waals surface area contributed by atoms with E-state index < -0.39 is 5.97 Å². The number of carbonyl (C=O) groups is 2. The summed E-state index contributed by atoms with van der Waals surface area (Å²) in [6.07, 6.45) is 6.17. The molecule has 6 nitrogen and oxygen atoms in total. The highest BCUT2D eigenvalue weighted by Crippen LogP contribution is 2.28. The van der Waals surface area contributed by atoms with Crippen LogP contribution in [-0.2, 0) is 24.4 Å². The van der Waals surface area contributed by atoms with Crippen molar-refractivity contribution in [2.24, 2.45) is 5.92 Å². The molecule has 1 aliphatic rings. The Kier molecular flexibility index (Phi) is 10.0. The molecule has 3 aromatic rings. The van der Waals surface area contributed by atoms with E-state index in [1.165, 1.54) is 0 Å². The Bertz CT molecular complexity index is 1220. The van der Waals surface area contributed by atoms with E-state index in [-0.39, 0.29) is 24.1 Å². The zero-order valence-corrected chi connectivity index (χ0v) is 23.1. The fourth-order valence-electron chi connectivity index (χ4n) is 5.08. The van der Waals surface area contributed by atoms with Gasteiger partial charge in [-0.1, -0.05) is 81.6 Å². The fraction of sp³-hybridized carbons (Fsp3) is 0.394. The van der Waals surface area contributed by atoms with Crippen molar-refractivity contribution in [1.29, 1.82) is 0 Å². The van der Waals surface area contributed by atoms with Crippen molar-refractivity contribution < 1.29 is 19.4 Å². The highest BCUT2D eigenvalue weighted by molar-refractivity contribution is 5.90. The van der Waals surface area contributed by atoms with Gasteiger partial charge in [-0.15, -0.1) is 0 Å². The Morgan fingerprint density at radius 2 is 1.72 bits per heavy atom. The lowest BCUT2D eigenvalue weighted by Crippen LogP contribution is -2.41. The van der Waals surface area contributed by atoms with E-state index >= 15 is 0 Å². The summed E-state index contributed by atoms with van der Waals surface area (Å²) in [6.45, 7) is 5.49. The second kappa shape index (κ2) is 13.8. The van der Waals surface area contributed by atoms with Crippen LogP contribution in [0.15, 0.2) is 72.8 Å². The van der Waals surface area contributed by atoms with Crippen LogP contribution in [-0.4, -0.2) is 29.6 Å². The maximum Gasteiger partial charge on any atom is 0.335 e. The number of hydrogen-bond donors (Lipinski definition) is 2. The molecule has 39 heavy (non-hydrogen) atoms. The van der Waals surface area contributed by atoms with Crippen LogP contribution in [0.3, 0.4) is 0 Å². The van der Waals surface area contributed by atoms with Crippen LogP contribution in [0, 0.1) is 5.92 Å². The highest BCUT2D eigenvalue weighted by atomic mass is 16.5. The summed E-state index contributed by atoms with van der Waals surface area (Å²) >= 11 is 0. The minimum atomic E-state index is -0.971. The highest BCUT2D eigenvalue weighted by Gasteiger charge is 2.22. The number of nitrogens with one attached hydrogen (secondary N) is 1. The lowest BCUT2D eigenvalue weighted by molar-refractivity contribution is -0.120. The third-order valence-electron chi connectivity index (χ3n) is 7.54. The van der Waals surface area contributed by atoms with Crippen LogP contribution in [0.25, 0.3) is 0 Å². The van der Waals surface area contributed by atoms with Crippen molar-refractivity contribution in [3.63, 3.8) is 0 Å². The summed E-state index contributed by atoms with van der Waals surface area (Å²) in [5.41, 5.74) is 4.22. The molecule has 0 aromatic heterocycles. The fourth-order valence-corrected chi connectivity index (χ4v) is 5.08. The van der Waals surface area contributed by atoms with Gasteiger partial charge in [0.25, 0.3) is 0 Å². The van der Waals surface area contributed by atoms with Gasteiger partial charge >= 0.3 is 5.97 Å². The van der Waals surface area contributed by atoms with Gasteiger partial charge in [-0.25, -0.2) is 4.79 Å². The third-order valence-corrected chi connectivity index (χ3v) is 7.54. The molecule has 1 amide bonds. The molecule has 206 valence electrons. The van der Waals surface area contributed by atoms with Gasteiger partial charge in [0.2, 0.25) is 5.91 Å². The second-order valence-corrected chi connectivity index (χ2v) is 10.7. The molecular weight excluding hydrogens is 488 g/mol. The van der Waals surface area contributed by atoms with E-state index in [2.05, 4.69) is 19.2 Å². The Hall–Kier alpha value is -3.80. The molecule has 0 spiro atoms. The maximum atomic E-state index is 13.2. The minimum Gasteiger partial charge on any atom is -0.489 e. The van der Waals surface area contributed by atoms with Crippen molar-refractivity contribution in [3.05, 3.63) is 95.1 Å². The number of ether oxygens (including phenoxy) is 1. The molecule has 0 heterocycles. The number of amides is 1. The van der Waals surface area contributed by atoms with Crippen LogP contribution >= 0.6 is 0 Å². The molecule has 0 saturated heterocycles. The molecule has 2 N–H and O–H groups in total. The average molecular weight is 529 g/mol. The molecule has 4 rings (SSSR count). The number of hydrogen-bond acceptors (Lipinski definition) is 4. The lowest BCUT2D eigenvalue weighted by atomic mass is 9.95. The third kappa shape index (κ3) is 8.34. The molecule has 6 heteroatoms. The van der Waals surface area contributed by atoms with Gasteiger partial charge in [-0.3, -0.25) is 4.79 Å². The Balaban J connectivity index is 1.56. The van der Waals surface area contributed by atoms with E-state index in [1.807, 2.05) is 65.6 Å². The summed E-state index contributed by atoms with van der Waals surface area (Å²) in [5, 5.41) is 12.9. The van der Waals surface area contributed by atoms with Gasteiger partial charge in [0.1, 0.15) is 12.4 Å². The molecule has 0 aliphatic heterocycles. The lowest BCUT2D eigenvalue weighted by Gasteiger charge is -2.29. The first kappa shape index (κ1) is 28.2. The summed E-state index contributed by atoms with van der Waals surface area (Å²) < 4.78 is 5.95. The van der Waals surface area contributed by atoms with Crippen LogP contribution in [0.1, 0.15) is 73.0 Å². The monoisotopic (exact) mass is 528 g/mol. The second-order valence-electron chi connectivity index (χ2n) is 10.7. The molecule has 1 atom stereocenters. The van der Waals surface area contributed by atoms with Crippen molar-refractivity contribution in [1.82, 2.24) is 5.32 Å². The van der Waals surface area contributed by atoms with Gasteiger partial charge in [0.05, 0.1) is 12.1 Å². The van der Waals surface area contributed by atoms with Crippen molar-refractivity contribution >= 4 is 17.6 Å². The van der Waals surface area contributed by atoms with Gasteiger partial charge in [0.15, 0.2) is 0 Å². The molecular formula is C33H40N2O4. The number of aromatic carboxylic acids is 1. The molecule has 0 radical (unpaired) electrons. The first-order valence-electron chi connectivity index (χ1n) is 14.1. The summed E-state index contributed by atoms with van der Waals surface area (Å²) in [7, 11) is 0. The average Bonchev–Trinajstić information content (AvgIpc) is 3.45. The molecule has 1 saturated carbocycles. The number of rotatable bonds is 13. The molecule has 1 aliphatic carbocycles. The van der Waals surface area contributed by atoms with Crippen LogP contribution in [0.2, 0.25) is 0 Å². The van der Waals surface area contributed by atoms with Crippen molar-refractivity contribution in [2.45, 2.75) is 71.6 Å². The number of carbonyl (C=O) groups excluding carboxylic acids is 1. The van der Waals surface area contributed by atoms with Gasteiger partial charge in [0, 0.05) is 18.3 Å². The van der Waals surface area contributed by atoms with E-state index in [1.54, 1.807) is 12.1 Å². The van der Waals surface area contributed by atoms with E-state index in [9.17, 15) is 14.7 Å². The van der Waals surface area contributed by atoms with E-state index in [0.717, 1.165) is 66.7 Å². The Labute approximate surface area is 232 Å². The number of benzene rings is 3. The van der Waals surface area contributed by atoms with Gasteiger partial charge in [-0.05, 0) is 66.1 Å². The predicted octanol–water partition coefficient (Wildman–Crippen LogP) is 6.62. The minimum absolute atomic E-state index is 0.0278. The predicted molar refractivity (Wildman–Crippen MR) is 155 cm³/mol. The summed E-state index contributed by atoms with van der Waals surface area (Å²) in [5.74, 6) is 0.217. The Morgan fingerprint density at radius 3 is 2.38 bits per heavy atom. The van der Waals surface area contributed by atoms with Gasteiger partial charge < -0.3 is 20.1 Å². The van der Waals surface area contributed by atoms with E-state index in [4.69, 9.17) is 4.74 Å². The van der Waals surface area contributed by atoms with Crippen molar-refractivity contribution in [3.8, 4) is 5.75 Å². The van der Waals surface area contributed by atoms with Gasteiger partial charge in [-0.2, -0.15) is 0 Å². The molecule has 1 fully saturated rings. The van der Waals surface area contributed by atoms with Crippen LogP contribution in [0.5, 0.6) is 5.75 Å². The summed E-state index contributed by atoms with van der Waals surface area (Å²) in [6, 6.07) is 23.5. The van der Waals surface area contributed by atoms with Crippen LogP contribution < -0.4 is 15.0 Å². The first-order valence-corrected chi connectivity index (χ1v) is 14.1. The maximum absolute atomic E-state index is 13.2. The largest absolute Gasteiger partial charge is 0.489 e. The SMILES string of the molecule is CCC(C)Cc1ccc(C(=O)O)cc1N(CC(=O)NC1CCCC1)Cc1ccc(OCc2ccccc2)cc1. The standard InChI is InChI=1S/C33H40N2O4/c1-3-24(2)19-27-15-16-28(33(37)38)20-31(27)35(22-32(36)34-29-11-7-8-12-29)21-25-13-17-30(18-14-25)39-23-26-9-5-4-6-10-26/h4-6,9-10,13-18,20,24,29H,3,7-8,11-12,19,21-23H2,1-2H3,(H,34,36)(H,37,38). The van der Waals surface area contributed by atoms with E-state index in [0.29, 0.717) is 19.1 Å². The number of nitrogens with zero attached hydrogens (tertiary/aromatic N) is 1. The van der Waals surface area contributed by atoms with Crippen LogP contribution in [0.4, 0.5) is 5.69 Å². The zero-order chi connectivity index (χ0) is 27.6. The number of carboxylic acids is 1. The topological polar surface area (TPSA) is 78.9 Å². The smallest absolute Gasteiger partial charge is 0.335 e. The quantitative estimate of drug-likeness (QED) is 0.261. The first-order chi connectivity index (χ1) is 18.9.